The van der Waals surface area contributed by atoms with Crippen molar-refractivity contribution in [2.45, 2.75) is 19.4 Å². The molecule has 3 nitrogen and oxygen atoms in total. The van der Waals surface area contributed by atoms with Gasteiger partial charge in [0.05, 0.1) is 7.11 Å². The fourth-order valence-electron chi connectivity index (χ4n) is 1.44. The number of carbonyl (C=O) groups excluding carboxylic acids is 1. The molecule has 0 aromatic rings. The van der Waals surface area contributed by atoms with Gasteiger partial charge in [0, 0.05) is 5.92 Å². The first kappa shape index (κ1) is 9.99. The molecule has 0 radical (unpaired) electrons. The highest BCUT2D eigenvalue weighted by Gasteiger charge is 2.38. The van der Waals surface area contributed by atoms with Crippen molar-refractivity contribution < 1.29 is 9.53 Å². The molecule has 0 aliphatic heterocycles. The summed E-state index contributed by atoms with van der Waals surface area (Å²) in [6, 6.07) is 0. The number of rotatable bonds is 1. The first-order valence-corrected chi connectivity index (χ1v) is 4.25. The number of nitrogens with two attached hydrogens (primary N) is 1. The summed E-state index contributed by atoms with van der Waals surface area (Å²) in [5.74, 6) is -0.412. The van der Waals surface area contributed by atoms with Crippen molar-refractivity contribution in [1.82, 2.24) is 0 Å². The van der Waals surface area contributed by atoms with Crippen LogP contribution < -0.4 is 5.73 Å². The monoisotopic (exact) mass is 181 g/mol. The van der Waals surface area contributed by atoms with E-state index in [9.17, 15) is 4.79 Å². The van der Waals surface area contributed by atoms with Crippen LogP contribution >= 0.6 is 0 Å². The van der Waals surface area contributed by atoms with Crippen LogP contribution in [0.5, 0.6) is 0 Å². The zero-order valence-corrected chi connectivity index (χ0v) is 8.20. The molecule has 1 aliphatic rings. The molecule has 0 spiro atoms. The zero-order chi connectivity index (χ0) is 10.1. The van der Waals surface area contributed by atoms with Gasteiger partial charge in [-0.1, -0.05) is 30.7 Å². The van der Waals surface area contributed by atoms with Crippen molar-refractivity contribution in [2.75, 3.05) is 7.11 Å². The van der Waals surface area contributed by atoms with E-state index in [0.29, 0.717) is 0 Å². The first-order chi connectivity index (χ1) is 6.00. The number of ether oxygens (including phenoxy) is 1. The van der Waals surface area contributed by atoms with Gasteiger partial charge < -0.3 is 10.5 Å². The maximum Gasteiger partial charge on any atom is 0.330 e. The molecule has 72 valence electrons. The Balaban J connectivity index is 2.95. The molecule has 3 heteroatoms. The minimum Gasteiger partial charge on any atom is -0.467 e. The Morgan fingerprint density at radius 2 is 2.31 bits per heavy atom. The minimum absolute atomic E-state index is 0.0232. The van der Waals surface area contributed by atoms with E-state index in [4.69, 9.17) is 5.73 Å². The average Bonchev–Trinajstić information content (AvgIpc) is 2.11. The molecular weight excluding hydrogens is 166 g/mol. The van der Waals surface area contributed by atoms with Crippen molar-refractivity contribution >= 4 is 5.97 Å². The van der Waals surface area contributed by atoms with E-state index in [2.05, 4.69) is 4.74 Å². The Morgan fingerprint density at radius 3 is 2.77 bits per heavy atom. The highest BCUT2D eigenvalue weighted by Crippen LogP contribution is 2.25. The molecule has 2 atom stereocenters. The van der Waals surface area contributed by atoms with Crippen LogP contribution in [0.3, 0.4) is 0 Å². The van der Waals surface area contributed by atoms with Gasteiger partial charge in [0.25, 0.3) is 0 Å². The van der Waals surface area contributed by atoms with Crippen LogP contribution in [0.2, 0.25) is 0 Å². The second kappa shape index (κ2) is 3.34. The van der Waals surface area contributed by atoms with Gasteiger partial charge in [-0.2, -0.15) is 0 Å². The molecule has 0 amide bonds. The number of hydrogen-bond acceptors (Lipinski definition) is 3. The average molecular weight is 181 g/mol. The summed E-state index contributed by atoms with van der Waals surface area (Å²) < 4.78 is 4.65. The van der Waals surface area contributed by atoms with Gasteiger partial charge in [-0.05, 0) is 6.92 Å². The lowest BCUT2D eigenvalue weighted by atomic mass is 9.81. The van der Waals surface area contributed by atoms with Crippen LogP contribution in [-0.4, -0.2) is 18.6 Å². The van der Waals surface area contributed by atoms with Gasteiger partial charge in [0.2, 0.25) is 0 Å². The molecule has 0 bridgehead atoms. The third-order valence-corrected chi connectivity index (χ3v) is 2.43. The fourth-order valence-corrected chi connectivity index (χ4v) is 1.44. The molecule has 0 aromatic heterocycles. The molecular formula is C10H15NO2. The predicted molar refractivity (Wildman–Crippen MR) is 51.0 cm³/mol. The van der Waals surface area contributed by atoms with Crippen LogP contribution in [0.15, 0.2) is 23.8 Å². The summed E-state index contributed by atoms with van der Waals surface area (Å²) in [4.78, 5) is 11.4. The molecule has 0 saturated heterocycles. The summed E-state index contributed by atoms with van der Waals surface area (Å²) in [5.41, 5.74) is 6.04. The minimum atomic E-state index is -0.992. The van der Waals surface area contributed by atoms with Crippen molar-refractivity contribution in [1.29, 1.82) is 0 Å². The Labute approximate surface area is 78.3 Å². The van der Waals surface area contributed by atoms with Crippen LogP contribution in [0.25, 0.3) is 0 Å². The van der Waals surface area contributed by atoms with Crippen molar-refractivity contribution in [3.05, 3.63) is 23.8 Å². The summed E-state index contributed by atoms with van der Waals surface area (Å²) >= 11 is 0. The fraction of sp³-hybridized carbons (Fsp3) is 0.500. The van der Waals surface area contributed by atoms with E-state index in [1.807, 2.05) is 26.0 Å². The van der Waals surface area contributed by atoms with Gasteiger partial charge in [0.15, 0.2) is 0 Å². The molecule has 13 heavy (non-hydrogen) atoms. The third kappa shape index (κ3) is 1.65. The third-order valence-electron chi connectivity index (χ3n) is 2.43. The summed E-state index contributed by atoms with van der Waals surface area (Å²) in [7, 11) is 1.35. The van der Waals surface area contributed by atoms with Crippen LogP contribution in [0, 0.1) is 5.92 Å². The van der Waals surface area contributed by atoms with Crippen LogP contribution in [-0.2, 0) is 9.53 Å². The zero-order valence-electron chi connectivity index (χ0n) is 8.20. The lowest BCUT2D eigenvalue weighted by Gasteiger charge is -2.30. The van der Waals surface area contributed by atoms with E-state index >= 15 is 0 Å². The lowest BCUT2D eigenvalue weighted by molar-refractivity contribution is -0.146. The maximum absolute atomic E-state index is 11.4. The highest BCUT2D eigenvalue weighted by molar-refractivity contribution is 5.84. The van der Waals surface area contributed by atoms with E-state index in [1.54, 1.807) is 6.08 Å². The number of allylic oxidation sites excluding steroid dienone is 2. The van der Waals surface area contributed by atoms with Crippen LogP contribution in [0.1, 0.15) is 13.8 Å². The Bertz CT molecular complexity index is 281. The van der Waals surface area contributed by atoms with E-state index in [0.717, 1.165) is 5.57 Å². The Kier molecular flexibility index (Phi) is 2.57. The molecule has 0 saturated carbocycles. The van der Waals surface area contributed by atoms with Gasteiger partial charge in [0.1, 0.15) is 5.54 Å². The highest BCUT2D eigenvalue weighted by atomic mass is 16.5. The van der Waals surface area contributed by atoms with Crippen LogP contribution in [0.4, 0.5) is 0 Å². The number of esters is 1. The second-order valence-electron chi connectivity index (χ2n) is 3.46. The lowest BCUT2D eigenvalue weighted by Crippen LogP contribution is -2.52. The van der Waals surface area contributed by atoms with Crippen molar-refractivity contribution in [3.63, 3.8) is 0 Å². The predicted octanol–water partition coefficient (Wildman–Crippen LogP) is 1.01. The summed E-state index contributed by atoms with van der Waals surface area (Å²) in [5, 5.41) is 0. The Morgan fingerprint density at radius 1 is 1.69 bits per heavy atom. The molecule has 2 N–H and O–H groups in total. The van der Waals surface area contributed by atoms with Gasteiger partial charge >= 0.3 is 5.97 Å². The number of methoxy groups -OCH3 is 1. The summed E-state index contributed by atoms with van der Waals surface area (Å²) in [6.07, 6.45) is 5.52. The second-order valence-corrected chi connectivity index (χ2v) is 3.46. The summed E-state index contributed by atoms with van der Waals surface area (Å²) in [6.45, 7) is 3.88. The first-order valence-electron chi connectivity index (χ1n) is 4.25. The molecule has 0 fully saturated rings. The largest absolute Gasteiger partial charge is 0.467 e. The van der Waals surface area contributed by atoms with Gasteiger partial charge in [-0.15, -0.1) is 0 Å². The van der Waals surface area contributed by atoms with Gasteiger partial charge in [-0.3, -0.25) is 0 Å². The normalized spacial score (nSPS) is 32.6. The SMILES string of the molecule is COC(=O)C1(N)C=CC(C)=CC1C. The molecule has 1 rings (SSSR count). The number of carbonyl (C=O) groups is 1. The van der Waals surface area contributed by atoms with E-state index in [1.165, 1.54) is 7.11 Å². The van der Waals surface area contributed by atoms with Crippen molar-refractivity contribution in [2.24, 2.45) is 11.7 Å². The molecule has 0 heterocycles. The van der Waals surface area contributed by atoms with Crippen molar-refractivity contribution in [3.8, 4) is 0 Å². The van der Waals surface area contributed by atoms with E-state index < -0.39 is 5.54 Å². The standard InChI is InChI=1S/C10H15NO2/c1-7-4-5-10(11,8(2)6-7)9(12)13-3/h4-6,8H,11H2,1-3H3. The smallest absolute Gasteiger partial charge is 0.330 e. The Hall–Kier alpha value is -1.09. The topological polar surface area (TPSA) is 52.3 Å². The maximum atomic E-state index is 11.4. The molecule has 0 aromatic carbocycles. The molecule has 1 aliphatic carbocycles. The molecule has 2 unspecified atom stereocenters. The van der Waals surface area contributed by atoms with Gasteiger partial charge in [-0.25, -0.2) is 4.79 Å². The number of hydrogen-bond donors (Lipinski definition) is 1. The quantitative estimate of drug-likeness (QED) is 0.614. The van der Waals surface area contributed by atoms with E-state index in [-0.39, 0.29) is 11.9 Å².